The first-order chi connectivity index (χ1) is 9.17. The fourth-order valence-corrected chi connectivity index (χ4v) is 2.38. The van der Waals surface area contributed by atoms with Gasteiger partial charge in [0, 0.05) is 11.0 Å². The number of ether oxygens (including phenoxy) is 1. The average molecular weight is 328 g/mol. The van der Waals surface area contributed by atoms with Gasteiger partial charge in [-0.2, -0.15) is 0 Å². The summed E-state index contributed by atoms with van der Waals surface area (Å²) in [5.74, 6) is 1.59. The van der Waals surface area contributed by atoms with Gasteiger partial charge in [-0.15, -0.1) is 0 Å². The fraction of sp³-hybridized carbons (Fsp3) is 0.625. The highest BCUT2D eigenvalue weighted by molar-refractivity contribution is 9.10. The van der Waals surface area contributed by atoms with E-state index >= 15 is 0 Å². The first-order valence-corrected chi connectivity index (χ1v) is 8.08. The third kappa shape index (κ3) is 6.44. The predicted molar refractivity (Wildman–Crippen MR) is 85.7 cm³/mol. The number of hydrogen-bond acceptors (Lipinski definition) is 2. The zero-order valence-electron chi connectivity index (χ0n) is 12.3. The highest BCUT2D eigenvalue weighted by Gasteiger charge is 2.05. The Morgan fingerprint density at radius 2 is 2.05 bits per heavy atom. The molecular formula is C16H26BrNO. The largest absolute Gasteiger partial charge is 0.493 e. The van der Waals surface area contributed by atoms with Crippen molar-refractivity contribution in [3.05, 3.63) is 28.2 Å². The van der Waals surface area contributed by atoms with E-state index in [9.17, 15) is 0 Å². The molecule has 19 heavy (non-hydrogen) atoms. The Kier molecular flexibility index (Phi) is 8.15. The smallest absolute Gasteiger partial charge is 0.119 e. The molecule has 2 nitrogen and oxygen atoms in total. The molecule has 0 aromatic heterocycles. The molecule has 1 unspecified atom stereocenters. The average Bonchev–Trinajstić information content (AvgIpc) is 2.40. The monoisotopic (exact) mass is 327 g/mol. The quantitative estimate of drug-likeness (QED) is 0.660. The minimum absolute atomic E-state index is 0.621. The molecule has 0 amide bonds. The van der Waals surface area contributed by atoms with Crippen molar-refractivity contribution in [2.24, 2.45) is 5.92 Å². The van der Waals surface area contributed by atoms with Crippen LogP contribution in [0.2, 0.25) is 0 Å². The number of nitrogens with one attached hydrogen (secondary N) is 1. The van der Waals surface area contributed by atoms with E-state index in [-0.39, 0.29) is 0 Å². The van der Waals surface area contributed by atoms with Gasteiger partial charge < -0.3 is 10.1 Å². The third-order valence-electron chi connectivity index (χ3n) is 3.08. The summed E-state index contributed by atoms with van der Waals surface area (Å²) in [6.07, 6.45) is 3.60. The van der Waals surface area contributed by atoms with Crippen molar-refractivity contribution in [1.82, 2.24) is 5.32 Å². The van der Waals surface area contributed by atoms with Crippen LogP contribution in [0.25, 0.3) is 0 Å². The Morgan fingerprint density at radius 3 is 2.74 bits per heavy atom. The maximum atomic E-state index is 5.87. The van der Waals surface area contributed by atoms with Crippen molar-refractivity contribution in [2.45, 2.75) is 46.6 Å². The van der Waals surface area contributed by atoms with Gasteiger partial charge in [0.25, 0.3) is 0 Å². The Bertz CT molecular complexity index is 368. The van der Waals surface area contributed by atoms with Crippen LogP contribution in [0.3, 0.4) is 0 Å². The summed E-state index contributed by atoms with van der Waals surface area (Å²) in [4.78, 5) is 0. The summed E-state index contributed by atoms with van der Waals surface area (Å²) < 4.78 is 7.02. The first-order valence-electron chi connectivity index (χ1n) is 7.29. The molecule has 0 fully saturated rings. The molecule has 0 saturated carbocycles. The van der Waals surface area contributed by atoms with E-state index in [4.69, 9.17) is 4.74 Å². The van der Waals surface area contributed by atoms with Gasteiger partial charge in [0.1, 0.15) is 5.75 Å². The van der Waals surface area contributed by atoms with Crippen LogP contribution in [0.1, 0.15) is 45.6 Å². The van der Waals surface area contributed by atoms with Crippen molar-refractivity contribution >= 4 is 15.9 Å². The summed E-state index contributed by atoms with van der Waals surface area (Å²) in [6, 6.07) is 6.24. The maximum Gasteiger partial charge on any atom is 0.119 e. The van der Waals surface area contributed by atoms with E-state index in [0.717, 1.165) is 36.3 Å². The molecule has 0 bridgehead atoms. The van der Waals surface area contributed by atoms with Crippen LogP contribution in [-0.2, 0) is 6.54 Å². The summed E-state index contributed by atoms with van der Waals surface area (Å²) in [6.45, 7) is 9.37. The van der Waals surface area contributed by atoms with Gasteiger partial charge in [-0.05, 0) is 49.1 Å². The molecule has 1 aromatic carbocycles. The molecule has 108 valence electrons. The number of hydrogen-bond donors (Lipinski definition) is 1. The molecule has 0 aliphatic rings. The molecule has 0 radical (unpaired) electrons. The molecule has 0 spiro atoms. The second-order valence-corrected chi connectivity index (χ2v) is 5.99. The number of rotatable bonds is 9. The van der Waals surface area contributed by atoms with Crippen LogP contribution < -0.4 is 10.1 Å². The lowest BCUT2D eigenvalue weighted by Crippen LogP contribution is -2.14. The Morgan fingerprint density at radius 1 is 1.26 bits per heavy atom. The number of halogens is 1. The molecule has 0 saturated heterocycles. The van der Waals surface area contributed by atoms with E-state index in [1.54, 1.807) is 0 Å². The van der Waals surface area contributed by atoms with Crippen molar-refractivity contribution in [3.63, 3.8) is 0 Å². The molecule has 0 aliphatic heterocycles. The summed E-state index contributed by atoms with van der Waals surface area (Å²) in [5.41, 5.74) is 1.26. The molecular weight excluding hydrogens is 302 g/mol. The fourth-order valence-electron chi connectivity index (χ4n) is 1.99. The van der Waals surface area contributed by atoms with E-state index in [1.807, 2.05) is 6.07 Å². The van der Waals surface area contributed by atoms with Crippen LogP contribution in [0.5, 0.6) is 5.75 Å². The Labute approximate surface area is 126 Å². The standard InChI is InChI=1S/C16H26BrNO/c1-4-6-13(3)12-19-15-7-8-16(17)14(10-15)11-18-9-5-2/h7-8,10,13,18H,4-6,9,11-12H2,1-3H3. The second-order valence-electron chi connectivity index (χ2n) is 5.13. The second kappa shape index (κ2) is 9.38. The molecule has 1 aromatic rings. The van der Waals surface area contributed by atoms with Crippen LogP contribution >= 0.6 is 15.9 Å². The lowest BCUT2D eigenvalue weighted by atomic mass is 10.1. The molecule has 1 atom stereocenters. The topological polar surface area (TPSA) is 21.3 Å². The zero-order valence-corrected chi connectivity index (χ0v) is 13.9. The highest BCUT2D eigenvalue weighted by atomic mass is 79.9. The molecule has 0 aliphatic carbocycles. The summed E-state index contributed by atoms with van der Waals surface area (Å²) in [5, 5.41) is 3.42. The number of benzene rings is 1. The van der Waals surface area contributed by atoms with Gasteiger partial charge >= 0.3 is 0 Å². The first kappa shape index (κ1) is 16.5. The lowest BCUT2D eigenvalue weighted by Gasteiger charge is -2.14. The van der Waals surface area contributed by atoms with Crippen molar-refractivity contribution in [2.75, 3.05) is 13.2 Å². The van der Waals surface area contributed by atoms with Gasteiger partial charge in [0.2, 0.25) is 0 Å². The Balaban J connectivity index is 2.52. The van der Waals surface area contributed by atoms with Gasteiger partial charge in [0.15, 0.2) is 0 Å². The molecule has 0 heterocycles. The minimum atomic E-state index is 0.621. The van der Waals surface area contributed by atoms with E-state index < -0.39 is 0 Å². The zero-order chi connectivity index (χ0) is 14.1. The SMILES string of the molecule is CCCNCc1cc(OCC(C)CCC)ccc1Br. The van der Waals surface area contributed by atoms with Crippen LogP contribution in [-0.4, -0.2) is 13.2 Å². The van der Waals surface area contributed by atoms with Gasteiger partial charge in [-0.3, -0.25) is 0 Å². The van der Waals surface area contributed by atoms with Gasteiger partial charge in [-0.1, -0.05) is 43.1 Å². The van der Waals surface area contributed by atoms with Gasteiger partial charge in [0.05, 0.1) is 6.61 Å². The van der Waals surface area contributed by atoms with E-state index in [2.05, 4.69) is 54.2 Å². The normalized spacial score (nSPS) is 12.4. The van der Waals surface area contributed by atoms with E-state index in [1.165, 1.54) is 18.4 Å². The van der Waals surface area contributed by atoms with Crippen LogP contribution in [0.4, 0.5) is 0 Å². The van der Waals surface area contributed by atoms with Crippen LogP contribution in [0.15, 0.2) is 22.7 Å². The molecule has 3 heteroatoms. The van der Waals surface area contributed by atoms with Crippen molar-refractivity contribution in [1.29, 1.82) is 0 Å². The summed E-state index contributed by atoms with van der Waals surface area (Å²) in [7, 11) is 0. The van der Waals surface area contributed by atoms with Crippen molar-refractivity contribution < 1.29 is 4.74 Å². The van der Waals surface area contributed by atoms with E-state index in [0.29, 0.717) is 5.92 Å². The third-order valence-corrected chi connectivity index (χ3v) is 3.85. The van der Waals surface area contributed by atoms with Crippen LogP contribution in [0, 0.1) is 5.92 Å². The maximum absolute atomic E-state index is 5.87. The summed E-state index contributed by atoms with van der Waals surface area (Å²) >= 11 is 3.59. The highest BCUT2D eigenvalue weighted by Crippen LogP contribution is 2.23. The Hall–Kier alpha value is -0.540. The lowest BCUT2D eigenvalue weighted by molar-refractivity contribution is 0.251. The molecule has 1 rings (SSSR count). The molecule has 1 N–H and O–H groups in total. The minimum Gasteiger partial charge on any atom is -0.493 e. The van der Waals surface area contributed by atoms with Crippen molar-refractivity contribution in [3.8, 4) is 5.75 Å². The van der Waals surface area contributed by atoms with Gasteiger partial charge in [-0.25, -0.2) is 0 Å². The predicted octanol–water partition coefficient (Wildman–Crippen LogP) is 4.76.